The summed E-state index contributed by atoms with van der Waals surface area (Å²) in [6, 6.07) is 21.3. The first kappa shape index (κ1) is 25.5. The Morgan fingerprint density at radius 1 is 0.914 bits per heavy atom. The van der Waals surface area contributed by atoms with Crippen LogP contribution in [0.1, 0.15) is 11.1 Å². The maximum atomic E-state index is 13.5. The molecule has 1 amide bonds. The van der Waals surface area contributed by atoms with Crippen molar-refractivity contribution in [3.63, 3.8) is 0 Å². The molecule has 1 aliphatic rings. The third kappa shape index (κ3) is 6.16. The van der Waals surface area contributed by atoms with Crippen LogP contribution in [0.25, 0.3) is 0 Å². The summed E-state index contributed by atoms with van der Waals surface area (Å²) in [5, 5.41) is 1.12. The fourth-order valence-corrected chi connectivity index (χ4v) is 5.79. The van der Waals surface area contributed by atoms with Crippen LogP contribution in [0.3, 0.4) is 0 Å². The monoisotopic (exact) mass is 531 g/mol. The molecule has 0 atom stereocenters. The molecular formula is C26H27Cl2N3O3S. The van der Waals surface area contributed by atoms with Gasteiger partial charge in [-0.3, -0.25) is 4.79 Å². The summed E-state index contributed by atoms with van der Waals surface area (Å²) in [4.78, 5) is 17.3. The van der Waals surface area contributed by atoms with E-state index in [-0.39, 0.29) is 23.9 Å². The van der Waals surface area contributed by atoms with Gasteiger partial charge in [0.1, 0.15) is 0 Å². The summed E-state index contributed by atoms with van der Waals surface area (Å²) < 4.78 is 28.3. The third-order valence-corrected chi connectivity index (χ3v) is 8.49. The first-order chi connectivity index (χ1) is 16.7. The molecule has 0 radical (unpaired) electrons. The molecule has 0 spiro atoms. The molecule has 0 saturated carbocycles. The minimum Gasteiger partial charge on any atom is -0.368 e. The van der Waals surface area contributed by atoms with Crippen LogP contribution in [0.4, 0.5) is 5.69 Å². The number of carbonyl (C=O) groups is 1. The maximum absolute atomic E-state index is 13.5. The molecule has 6 nitrogen and oxygen atoms in total. The van der Waals surface area contributed by atoms with Crippen molar-refractivity contribution < 1.29 is 13.2 Å². The van der Waals surface area contributed by atoms with Gasteiger partial charge in [0.15, 0.2) is 0 Å². The molecule has 0 aliphatic carbocycles. The van der Waals surface area contributed by atoms with Crippen molar-refractivity contribution in [3.8, 4) is 0 Å². The standard InChI is InChI=1S/C26H27Cl2N3O3S/c1-20-9-11-24(12-10-20)35(33,34)31(18-21-5-2-3-8-25(21)28)19-26(32)30-15-13-29(14-16-30)23-7-4-6-22(27)17-23/h2-12,17H,13-16,18-19H2,1H3. The number of anilines is 1. The Labute approximate surface area is 216 Å². The van der Waals surface area contributed by atoms with E-state index >= 15 is 0 Å². The van der Waals surface area contributed by atoms with Crippen molar-refractivity contribution in [2.24, 2.45) is 0 Å². The molecule has 0 unspecified atom stereocenters. The van der Waals surface area contributed by atoms with Crippen LogP contribution < -0.4 is 4.90 Å². The number of amides is 1. The summed E-state index contributed by atoms with van der Waals surface area (Å²) in [5.74, 6) is -0.238. The summed E-state index contributed by atoms with van der Waals surface area (Å²) in [6.07, 6.45) is 0. The van der Waals surface area contributed by atoms with E-state index in [4.69, 9.17) is 23.2 Å². The zero-order valence-electron chi connectivity index (χ0n) is 19.4. The number of halogens is 2. The first-order valence-corrected chi connectivity index (χ1v) is 13.5. The van der Waals surface area contributed by atoms with Crippen LogP contribution in [-0.4, -0.2) is 56.3 Å². The van der Waals surface area contributed by atoms with Crippen LogP contribution in [0, 0.1) is 6.92 Å². The topological polar surface area (TPSA) is 60.9 Å². The second-order valence-electron chi connectivity index (χ2n) is 8.53. The Bertz CT molecular complexity index is 1290. The zero-order valence-corrected chi connectivity index (χ0v) is 21.7. The highest BCUT2D eigenvalue weighted by Gasteiger charge is 2.30. The van der Waals surface area contributed by atoms with E-state index in [0.29, 0.717) is 41.8 Å². The van der Waals surface area contributed by atoms with Crippen LogP contribution in [0.2, 0.25) is 10.0 Å². The highest BCUT2D eigenvalue weighted by molar-refractivity contribution is 7.89. The Morgan fingerprint density at radius 3 is 2.26 bits per heavy atom. The summed E-state index contributed by atoms with van der Waals surface area (Å²) >= 11 is 12.4. The molecule has 0 N–H and O–H groups in total. The molecule has 1 aliphatic heterocycles. The summed E-state index contributed by atoms with van der Waals surface area (Å²) in [5.41, 5.74) is 2.60. The van der Waals surface area contributed by atoms with Crippen LogP contribution in [0.15, 0.2) is 77.7 Å². The molecule has 3 aromatic carbocycles. The number of hydrogen-bond acceptors (Lipinski definition) is 4. The SMILES string of the molecule is Cc1ccc(S(=O)(=O)N(CC(=O)N2CCN(c3cccc(Cl)c3)CC2)Cc2ccccc2Cl)cc1. The zero-order chi connectivity index (χ0) is 25.0. The Kier molecular flexibility index (Phi) is 8.02. The van der Waals surface area contributed by atoms with Gasteiger partial charge in [-0.05, 0) is 48.9 Å². The second-order valence-corrected chi connectivity index (χ2v) is 11.3. The molecule has 1 fully saturated rings. The molecule has 1 saturated heterocycles. The first-order valence-electron chi connectivity index (χ1n) is 11.3. The van der Waals surface area contributed by atoms with Gasteiger partial charge in [0.05, 0.1) is 11.4 Å². The molecule has 1 heterocycles. The number of piperazine rings is 1. The molecular weight excluding hydrogens is 505 g/mol. The summed E-state index contributed by atoms with van der Waals surface area (Å²) in [7, 11) is -3.92. The predicted octanol–water partition coefficient (Wildman–Crippen LogP) is 4.84. The van der Waals surface area contributed by atoms with Crippen molar-refractivity contribution in [1.82, 2.24) is 9.21 Å². The van der Waals surface area contributed by atoms with Gasteiger partial charge in [0, 0.05) is 48.5 Å². The Balaban J connectivity index is 1.51. The lowest BCUT2D eigenvalue weighted by atomic mass is 10.2. The minimum atomic E-state index is -3.92. The normalized spacial score (nSPS) is 14.4. The molecule has 184 valence electrons. The van der Waals surface area contributed by atoms with Crippen LogP contribution in [-0.2, 0) is 21.4 Å². The number of nitrogens with zero attached hydrogens (tertiary/aromatic N) is 3. The average Bonchev–Trinajstić information content (AvgIpc) is 2.85. The van der Waals surface area contributed by atoms with Gasteiger partial charge in [-0.15, -0.1) is 0 Å². The highest BCUT2D eigenvalue weighted by Crippen LogP contribution is 2.24. The van der Waals surface area contributed by atoms with E-state index in [1.807, 2.05) is 31.2 Å². The van der Waals surface area contributed by atoms with Crippen LogP contribution in [0.5, 0.6) is 0 Å². The van der Waals surface area contributed by atoms with Crippen LogP contribution >= 0.6 is 23.2 Å². The Hall–Kier alpha value is -2.58. The third-order valence-electron chi connectivity index (χ3n) is 6.08. The molecule has 3 aromatic rings. The second kappa shape index (κ2) is 11.0. The lowest BCUT2D eigenvalue weighted by Crippen LogP contribution is -2.51. The molecule has 0 aromatic heterocycles. The fraction of sp³-hybridized carbons (Fsp3) is 0.269. The number of aryl methyl sites for hydroxylation is 1. The lowest BCUT2D eigenvalue weighted by molar-refractivity contribution is -0.131. The van der Waals surface area contributed by atoms with Crippen molar-refractivity contribution >= 4 is 44.8 Å². The maximum Gasteiger partial charge on any atom is 0.243 e. The van der Waals surface area contributed by atoms with E-state index in [2.05, 4.69) is 4.90 Å². The van der Waals surface area contributed by atoms with Crippen molar-refractivity contribution in [2.45, 2.75) is 18.4 Å². The van der Waals surface area contributed by atoms with Gasteiger partial charge >= 0.3 is 0 Å². The number of benzene rings is 3. The van der Waals surface area contributed by atoms with Crippen molar-refractivity contribution in [1.29, 1.82) is 0 Å². The van der Waals surface area contributed by atoms with Gasteiger partial charge in [-0.25, -0.2) is 8.42 Å². The average molecular weight is 532 g/mol. The highest BCUT2D eigenvalue weighted by atomic mass is 35.5. The largest absolute Gasteiger partial charge is 0.368 e. The molecule has 0 bridgehead atoms. The smallest absolute Gasteiger partial charge is 0.243 e. The van der Waals surface area contributed by atoms with Gasteiger partial charge in [-0.2, -0.15) is 4.31 Å². The molecule has 4 rings (SSSR count). The number of sulfonamides is 1. The van der Waals surface area contributed by atoms with Crippen molar-refractivity contribution in [3.05, 3.63) is 94.0 Å². The molecule has 35 heavy (non-hydrogen) atoms. The van der Waals surface area contributed by atoms with E-state index < -0.39 is 10.0 Å². The minimum absolute atomic E-state index is 0.00407. The van der Waals surface area contributed by atoms with E-state index in [1.165, 1.54) is 4.31 Å². The summed E-state index contributed by atoms with van der Waals surface area (Å²) in [6.45, 7) is 3.90. The lowest BCUT2D eigenvalue weighted by Gasteiger charge is -2.37. The van der Waals surface area contributed by atoms with Gasteiger partial charge in [0.2, 0.25) is 15.9 Å². The van der Waals surface area contributed by atoms with Gasteiger partial charge in [-0.1, -0.05) is 65.2 Å². The van der Waals surface area contributed by atoms with E-state index in [9.17, 15) is 13.2 Å². The van der Waals surface area contributed by atoms with E-state index in [1.54, 1.807) is 53.4 Å². The Morgan fingerprint density at radius 2 is 1.60 bits per heavy atom. The predicted molar refractivity (Wildman–Crippen MR) is 140 cm³/mol. The van der Waals surface area contributed by atoms with Gasteiger partial charge < -0.3 is 9.80 Å². The molecule has 9 heteroatoms. The quantitative estimate of drug-likeness (QED) is 0.437. The van der Waals surface area contributed by atoms with Gasteiger partial charge in [0.25, 0.3) is 0 Å². The number of rotatable bonds is 7. The number of hydrogen-bond donors (Lipinski definition) is 0. The van der Waals surface area contributed by atoms with E-state index in [0.717, 1.165) is 11.3 Å². The fourth-order valence-electron chi connectivity index (χ4n) is 4.04. The number of carbonyl (C=O) groups excluding carboxylic acids is 1. The van der Waals surface area contributed by atoms with Crippen molar-refractivity contribution in [2.75, 3.05) is 37.6 Å².